The van der Waals surface area contributed by atoms with E-state index in [1.807, 2.05) is 30.8 Å². The summed E-state index contributed by atoms with van der Waals surface area (Å²) in [7, 11) is 0. The number of aromatic nitrogens is 2. The smallest absolute Gasteiger partial charge is 0.0677 e. The predicted molar refractivity (Wildman–Crippen MR) is 70.4 cm³/mol. The Bertz CT molecular complexity index is 512. The first-order valence-electron chi connectivity index (χ1n) is 5.94. The first-order valence-corrected chi connectivity index (χ1v) is 5.94. The van der Waals surface area contributed by atoms with Gasteiger partial charge >= 0.3 is 0 Å². The van der Waals surface area contributed by atoms with E-state index < -0.39 is 0 Å². The highest BCUT2D eigenvalue weighted by Gasteiger charge is 2.05. The van der Waals surface area contributed by atoms with Gasteiger partial charge < -0.3 is 5.73 Å². The van der Waals surface area contributed by atoms with Crippen molar-refractivity contribution in [2.45, 2.75) is 33.2 Å². The van der Waals surface area contributed by atoms with E-state index >= 15 is 0 Å². The lowest BCUT2D eigenvalue weighted by Crippen LogP contribution is -2.18. The maximum atomic E-state index is 5.83. The van der Waals surface area contributed by atoms with Gasteiger partial charge in [0, 0.05) is 12.2 Å². The molecule has 0 aliphatic rings. The highest BCUT2D eigenvalue weighted by molar-refractivity contribution is 5.43. The quantitative estimate of drug-likeness (QED) is 0.878. The second kappa shape index (κ2) is 4.72. The van der Waals surface area contributed by atoms with Crippen LogP contribution in [0.4, 0.5) is 0 Å². The summed E-state index contributed by atoms with van der Waals surface area (Å²) in [6.45, 7) is 6.12. The molecule has 2 aromatic rings. The van der Waals surface area contributed by atoms with Gasteiger partial charge in [-0.1, -0.05) is 12.1 Å². The Labute approximate surface area is 102 Å². The Morgan fingerprint density at radius 1 is 1.29 bits per heavy atom. The number of nitrogens with zero attached hydrogens (tertiary/aromatic N) is 2. The largest absolute Gasteiger partial charge is 0.328 e. The fourth-order valence-corrected chi connectivity index (χ4v) is 1.95. The van der Waals surface area contributed by atoms with Crippen LogP contribution in [-0.2, 0) is 6.42 Å². The van der Waals surface area contributed by atoms with Crippen LogP contribution in [0, 0.1) is 13.8 Å². The van der Waals surface area contributed by atoms with Gasteiger partial charge in [-0.3, -0.25) is 0 Å². The van der Waals surface area contributed by atoms with Crippen molar-refractivity contribution in [3.63, 3.8) is 0 Å². The van der Waals surface area contributed by atoms with Crippen LogP contribution in [0.25, 0.3) is 5.69 Å². The van der Waals surface area contributed by atoms with Gasteiger partial charge in [0.2, 0.25) is 0 Å². The topological polar surface area (TPSA) is 43.8 Å². The molecule has 17 heavy (non-hydrogen) atoms. The van der Waals surface area contributed by atoms with Gasteiger partial charge in [-0.15, -0.1) is 0 Å². The fourth-order valence-electron chi connectivity index (χ4n) is 1.95. The van der Waals surface area contributed by atoms with Gasteiger partial charge in [-0.2, -0.15) is 5.10 Å². The zero-order chi connectivity index (χ0) is 12.4. The maximum Gasteiger partial charge on any atom is 0.0677 e. The summed E-state index contributed by atoms with van der Waals surface area (Å²) < 4.78 is 1.93. The number of hydrogen-bond donors (Lipinski definition) is 1. The molecule has 0 bridgehead atoms. The van der Waals surface area contributed by atoms with E-state index in [1.54, 1.807) is 0 Å². The lowest BCUT2D eigenvalue weighted by atomic mass is 10.0. The Kier molecular flexibility index (Phi) is 3.29. The number of aryl methyl sites for hydroxylation is 2. The third-order valence-corrected chi connectivity index (χ3v) is 2.80. The fraction of sp³-hybridized carbons (Fsp3) is 0.357. The van der Waals surface area contributed by atoms with E-state index in [1.165, 1.54) is 11.1 Å². The highest BCUT2D eigenvalue weighted by Crippen LogP contribution is 2.16. The summed E-state index contributed by atoms with van der Waals surface area (Å²) in [5, 5.41) is 4.45. The number of hydrogen-bond acceptors (Lipinski definition) is 2. The Balaban J connectivity index is 2.39. The van der Waals surface area contributed by atoms with Crippen LogP contribution >= 0.6 is 0 Å². The molecule has 0 spiro atoms. The average molecular weight is 229 g/mol. The molecule has 0 aliphatic heterocycles. The van der Waals surface area contributed by atoms with Gasteiger partial charge in [-0.25, -0.2) is 4.68 Å². The first kappa shape index (κ1) is 11.9. The second-order valence-electron chi connectivity index (χ2n) is 4.70. The summed E-state index contributed by atoms with van der Waals surface area (Å²) in [5.74, 6) is 0. The Morgan fingerprint density at radius 3 is 2.65 bits per heavy atom. The van der Waals surface area contributed by atoms with Crippen LogP contribution in [-0.4, -0.2) is 15.8 Å². The van der Waals surface area contributed by atoms with Crippen LogP contribution in [0.3, 0.4) is 0 Å². The van der Waals surface area contributed by atoms with Crippen LogP contribution in [0.15, 0.2) is 30.5 Å². The molecule has 0 aliphatic carbocycles. The van der Waals surface area contributed by atoms with Crippen molar-refractivity contribution in [3.8, 4) is 5.69 Å². The number of rotatable bonds is 3. The van der Waals surface area contributed by atoms with Crippen molar-refractivity contribution in [1.29, 1.82) is 0 Å². The molecule has 90 valence electrons. The molecule has 1 atom stereocenters. The second-order valence-corrected chi connectivity index (χ2v) is 4.70. The van der Waals surface area contributed by atoms with Crippen molar-refractivity contribution in [2.75, 3.05) is 0 Å². The third kappa shape index (κ3) is 2.74. The standard InChI is InChI=1S/C14H19N3/c1-10-4-5-13(8-11(2)15)9-14(10)17-7-6-12(3)16-17/h4-7,9,11H,8,15H2,1-3H3. The number of benzene rings is 1. The minimum atomic E-state index is 0.185. The molecule has 0 radical (unpaired) electrons. The van der Waals surface area contributed by atoms with Crippen LogP contribution in [0.5, 0.6) is 0 Å². The van der Waals surface area contributed by atoms with Crippen molar-refractivity contribution in [3.05, 3.63) is 47.3 Å². The summed E-state index contributed by atoms with van der Waals surface area (Å²) in [4.78, 5) is 0. The van der Waals surface area contributed by atoms with Crippen molar-refractivity contribution < 1.29 is 0 Å². The van der Waals surface area contributed by atoms with E-state index in [4.69, 9.17) is 5.73 Å². The molecule has 2 N–H and O–H groups in total. The van der Waals surface area contributed by atoms with Crippen molar-refractivity contribution in [1.82, 2.24) is 9.78 Å². The minimum Gasteiger partial charge on any atom is -0.328 e. The maximum absolute atomic E-state index is 5.83. The van der Waals surface area contributed by atoms with Gasteiger partial charge in [0.1, 0.15) is 0 Å². The van der Waals surface area contributed by atoms with E-state index in [0.29, 0.717) is 0 Å². The molecule has 1 heterocycles. The van der Waals surface area contributed by atoms with Crippen LogP contribution < -0.4 is 5.73 Å². The summed E-state index contributed by atoms with van der Waals surface area (Å²) in [6.07, 6.45) is 2.89. The monoisotopic (exact) mass is 229 g/mol. The predicted octanol–water partition coefficient (Wildman–Crippen LogP) is 2.38. The molecule has 1 aromatic heterocycles. The SMILES string of the molecule is Cc1ccn(-c2cc(CC(C)N)ccc2C)n1. The molecule has 1 unspecified atom stereocenters. The average Bonchev–Trinajstić information content (AvgIpc) is 2.67. The number of nitrogens with two attached hydrogens (primary N) is 1. The third-order valence-electron chi connectivity index (χ3n) is 2.80. The highest BCUT2D eigenvalue weighted by atomic mass is 15.3. The first-order chi connectivity index (χ1) is 8.06. The molecule has 2 rings (SSSR count). The Morgan fingerprint density at radius 2 is 2.06 bits per heavy atom. The molecule has 0 saturated carbocycles. The minimum absolute atomic E-state index is 0.185. The van der Waals surface area contributed by atoms with Crippen molar-refractivity contribution >= 4 is 0 Å². The molecule has 0 fully saturated rings. The van der Waals surface area contributed by atoms with Gasteiger partial charge in [-0.05, 0) is 50.5 Å². The van der Waals surface area contributed by atoms with E-state index in [-0.39, 0.29) is 6.04 Å². The molecule has 1 aromatic carbocycles. The van der Waals surface area contributed by atoms with E-state index in [2.05, 4.69) is 30.2 Å². The normalized spacial score (nSPS) is 12.7. The summed E-state index contributed by atoms with van der Waals surface area (Å²) >= 11 is 0. The van der Waals surface area contributed by atoms with Gasteiger partial charge in [0.05, 0.1) is 11.4 Å². The molecular formula is C14H19N3. The molecule has 3 heteroatoms. The van der Waals surface area contributed by atoms with Gasteiger partial charge in [0.15, 0.2) is 0 Å². The lowest BCUT2D eigenvalue weighted by molar-refractivity contribution is 0.736. The lowest BCUT2D eigenvalue weighted by Gasteiger charge is -2.10. The summed E-state index contributed by atoms with van der Waals surface area (Å²) in [5.41, 5.74) is 10.5. The summed E-state index contributed by atoms with van der Waals surface area (Å²) in [6, 6.07) is 8.63. The molecule has 0 saturated heterocycles. The molecular weight excluding hydrogens is 210 g/mol. The van der Waals surface area contributed by atoms with E-state index in [0.717, 1.165) is 17.8 Å². The Hall–Kier alpha value is -1.61. The molecule has 3 nitrogen and oxygen atoms in total. The van der Waals surface area contributed by atoms with Gasteiger partial charge in [0.25, 0.3) is 0 Å². The zero-order valence-corrected chi connectivity index (χ0v) is 10.6. The van der Waals surface area contributed by atoms with Crippen molar-refractivity contribution in [2.24, 2.45) is 5.73 Å². The zero-order valence-electron chi connectivity index (χ0n) is 10.6. The molecule has 0 amide bonds. The van der Waals surface area contributed by atoms with E-state index in [9.17, 15) is 0 Å². The van der Waals surface area contributed by atoms with Crippen LogP contribution in [0.1, 0.15) is 23.7 Å². The van der Waals surface area contributed by atoms with Crippen LogP contribution in [0.2, 0.25) is 0 Å².